The van der Waals surface area contributed by atoms with Crippen molar-refractivity contribution in [3.8, 4) is 0 Å². The maximum absolute atomic E-state index is 12.9. The summed E-state index contributed by atoms with van der Waals surface area (Å²) in [6.07, 6.45) is 3.09. The molecule has 2 aromatic carbocycles. The van der Waals surface area contributed by atoms with Crippen molar-refractivity contribution in [2.75, 3.05) is 31.5 Å². The van der Waals surface area contributed by atoms with Gasteiger partial charge in [0.05, 0.1) is 4.70 Å². The number of aromatic nitrogens is 1. The Balaban J connectivity index is 1.17. The fourth-order valence-electron chi connectivity index (χ4n) is 4.79. The zero-order valence-electron chi connectivity index (χ0n) is 18.8. The molecule has 3 aromatic rings. The average Bonchev–Trinajstić information content (AvgIpc) is 3.24. The minimum Gasteiger partial charge on any atom is -0.346 e. The lowest BCUT2D eigenvalue weighted by molar-refractivity contribution is 0.0619. The third-order valence-electron chi connectivity index (χ3n) is 6.74. The van der Waals surface area contributed by atoms with Crippen LogP contribution in [0.5, 0.6) is 0 Å². The second-order valence-corrected chi connectivity index (χ2v) is 9.88. The van der Waals surface area contributed by atoms with E-state index in [0.717, 1.165) is 49.0 Å². The van der Waals surface area contributed by atoms with Crippen LogP contribution in [0.2, 0.25) is 0 Å². The summed E-state index contributed by atoms with van der Waals surface area (Å²) in [4.78, 5) is 27.6. The highest BCUT2D eigenvalue weighted by Crippen LogP contribution is 2.29. The summed E-state index contributed by atoms with van der Waals surface area (Å²) in [7, 11) is 0. The summed E-state index contributed by atoms with van der Waals surface area (Å²) in [6, 6.07) is 13.8. The Morgan fingerprint density at radius 3 is 2.64 bits per heavy atom. The molecule has 1 aromatic heterocycles. The van der Waals surface area contributed by atoms with Gasteiger partial charge in [0, 0.05) is 30.2 Å². The van der Waals surface area contributed by atoms with Gasteiger partial charge in [0.25, 0.3) is 5.91 Å². The van der Waals surface area contributed by atoms with Crippen LogP contribution in [0.4, 0.5) is 10.5 Å². The standard InChI is InChI=1S/C25H29N5O2S/c1-16-2-4-17(5-3-16)8-11-26-25(32)27-19-6-7-20-22(14-19)33-29-23(20)24(31)28-21-15-30-12-9-18(21)10-13-30/h2-7,14,18,21H,8-13,15H2,1H3,(H,28,31)(H2,26,27,32)/t21-/m1/s1. The third kappa shape index (κ3) is 5.02. The van der Waals surface area contributed by atoms with Crippen LogP contribution in [0.15, 0.2) is 42.5 Å². The van der Waals surface area contributed by atoms with Crippen molar-refractivity contribution in [2.24, 2.45) is 5.92 Å². The first-order chi connectivity index (χ1) is 16.0. The Labute approximate surface area is 197 Å². The predicted molar refractivity (Wildman–Crippen MR) is 132 cm³/mol. The number of rotatable bonds is 6. The SMILES string of the molecule is Cc1ccc(CCNC(=O)Nc2ccc3c(C(=O)N[C@@H]4CN5CCC4CC5)nsc3c2)cc1. The molecule has 6 rings (SSSR count). The molecule has 2 bridgehead atoms. The van der Waals surface area contributed by atoms with Crippen molar-refractivity contribution in [3.05, 3.63) is 59.3 Å². The van der Waals surface area contributed by atoms with E-state index in [1.165, 1.54) is 22.7 Å². The summed E-state index contributed by atoms with van der Waals surface area (Å²) in [5.74, 6) is 0.471. The Hall–Kier alpha value is -2.97. The quantitative estimate of drug-likeness (QED) is 0.519. The Morgan fingerprint density at radius 1 is 1.12 bits per heavy atom. The number of nitrogens with zero attached hydrogens (tertiary/aromatic N) is 2. The maximum Gasteiger partial charge on any atom is 0.319 e. The molecule has 0 unspecified atom stereocenters. The first kappa shape index (κ1) is 21.9. The number of benzene rings is 2. The van der Waals surface area contributed by atoms with Crippen LogP contribution in [0.25, 0.3) is 10.1 Å². The van der Waals surface area contributed by atoms with Crippen LogP contribution in [0, 0.1) is 12.8 Å². The molecule has 3 amide bonds. The molecule has 7 nitrogen and oxygen atoms in total. The van der Waals surface area contributed by atoms with Crippen molar-refractivity contribution in [2.45, 2.75) is 32.2 Å². The van der Waals surface area contributed by atoms with Gasteiger partial charge in [0.15, 0.2) is 0 Å². The fraction of sp³-hybridized carbons (Fsp3) is 0.400. The number of carbonyl (C=O) groups excluding carboxylic acids is 2. The van der Waals surface area contributed by atoms with Crippen molar-refractivity contribution >= 4 is 39.2 Å². The number of hydrogen-bond acceptors (Lipinski definition) is 5. The van der Waals surface area contributed by atoms with Gasteiger partial charge in [0.1, 0.15) is 5.69 Å². The Bertz CT molecular complexity index is 1150. The van der Waals surface area contributed by atoms with Crippen LogP contribution in [0.3, 0.4) is 0 Å². The molecule has 172 valence electrons. The van der Waals surface area contributed by atoms with Crippen LogP contribution in [-0.2, 0) is 6.42 Å². The van der Waals surface area contributed by atoms with Gasteiger partial charge in [-0.3, -0.25) is 4.79 Å². The van der Waals surface area contributed by atoms with Gasteiger partial charge in [-0.15, -0.1) is 0 Å². The minimum atomic E-state index is -0.244. The highest BCUT2D eigenvalue weighted by atomic mass is 32.1. The molecule has 1 atom stereocenters. The summed E-state index contributed by atoms with van der Waals surface area (Å²) in [5.41, 5.74) is 3.57. The van der Waals surface area contributed by atoms with Crippen LogP contribution in [-0.4, -0.2) is 53.4 Å². The topological polar surface area (TPSA) is 86.4 Å². The second kappa shape index (κ2) is 9.49. The first-order valence-electron chi connectivity index (χ1n) is 11.6. The fourth-order valence-corrected chi connectivity index (χ4v) is 5.61. The molecule has 4 heterocycles. The highest BCUT2D eigenvalue weighted by Gasteiger charge is 2.35. The molecule has 3 fully saturated rings. The molecule has 0 radical (unpaired) electrons. The maximum atomic E-state index is 12.9. The lowest BCUT2D eigenvalue weighted by Crippen LogP contribution is -2.57. The normalized spacial score (nSPS) is 21.7. The van der Waals surface area contributed by atoms with Gasteiger partial charge in [-0.1, -0.05) is 29.8 Å². The van der Waals surface area contributed by atoms with Crippen molar-refractivity contribution in [1.82, 2.24) is 19.9 Å². The minimum absolute atomic E-state index is 0.102. The van der Waals surface area contributed by atoms with E-state index in [4.69, 9.17) is 0 Å². The Morgan fingerprint density at radius 2 is 1.91 bits per heavy atom. The van der Waals surface area contributed by atoms with E-state index < -0.39 is 0 Å². The monoisotopic (exact) mass is 463 g/mol. The lowest BCUT2D eigenvalue weighted by Gasteiger charge is -2.44. The number of piperidine rings is 3. The van der Waals surface area contributed by atoms with E-state index in [-0.39, 0.29) is 18.0 Å². The summed E-state index contributed by atoms with van der Waals surface area (Å²) >= 11 is 1.28. The van der Waals surface area contributed by atoms with Gasteiger partial charge in [0.2, 0.25) is 0 Å². The number of hydrogen-bond donors (Lipinski definition) is 3. The number of carbonyl (C=O) groups is 2. The van der Waals surface area contributed by atoms with Gasteiger partial charge >= 0.3 is 6.03 Å². The molecular formula is C25H29N5O2S. The number of urea groups is 1. The smallest absolute Gasteiger partial charge is 0.319 e. The second-order valence-electron chi connectivity index (χ2n) is 9.08. The van der Waals surface area contributed by atoms with Gasteiger partial charge in [-0.25, -0.2) is 4.79 Å². The molecule has 0 saturated carbocycles. The predicted octanol–water partition coefficient (Wildman–Crippen LogP) is 3.79. The first-order valence-corrected chi connectivity index (χ1v) is 12.4. The molecule has 0 aliphatic carbocycles. The number of amides is 3. The van der Waals surface area contributed by atoms with Gasteiger partial charge in [-0.05, 0) is 80.5 Å². The zero-order chi connectivity index (χ0) is 22.8. The Kier molecular flexibility index (Phi) is 6.28. The summed E-state index contributed by atoms with van der Waals surface area (Å²) < 4.78 is 5.30. The molecule has 3 aliphatic heterocycles. The van der Waals surface area contributed by atoms with Gasteiger partial charge in [-0.2, -0.15) is 4.37 Å². The van der Waals surface area contributed by atoms with Crippen LogP contribution >= 0.6 is 11.5 Å². The van der Waals surface area contributed by atoms with Crippen molar-refractivity contribution < 1.29 is 9.59 Å². The highest BCUT2D eigenvalue weighted by molar-refractivity contribution is 7.13. The molecule has 33 heavy (non-hydrogen) atoms. The molecular weight excluding hydrogens is 434 g/mol. The number of fused-ring (bicyclic) bond motifs is 4. The van der Waals surface area contributed by atoms with Crippen molar-refractivity contribution in [3.63, 3.8) is 0 Å². The molecule has 3 aliphatic rings. The van der Waals surface area contributed by atoms with E-state index in [0.29, 0.717) is 23.8 Å². The largest absolute Gasteiger partial charge is 0.346 e. The van der Waals surface area contributed by atoms with E-state index in [1.807, 2.05) is 18.2 Å². The van der Waals surface area contributed by atoms with Crippen LogP contribution in [0.1, 0.15) is 34.5 Å². The third-order valence-corrected chi connectivity index (χ3v) is 7.55. The lowest BCUT2D eigenvalue weighted by atomic mass is 9.84. The summed E-state index contributed by atoms with van der Waals surface area (Å²) in [5, 5.41) is 9.81. The molecule has 0 spiro atoms. The van der Waals surface area contributed by atoms with E-state index in [1.54, 1.807) is 0 Å². The number of anilines is 1. The number of nitrogens with one attached hydrogen (secondary N) is 3. The van der Waals surface area contributed by atoms with E-state index in [9.17, 15) is 9.59 Å². The van der Waals surface area contributed by atoms with E-state index in [2.05, 4.69) is 56.4 Å². The number of aryl methyl sites for hydroxylation is 1. The zero-order valence-corrected chi connectivity index (χ0v) is 19.6. The van der Waals surface area contributed by atoms with E-state index >= 15 is 0 Å². The van der Waals surface area contributed by atoms with Crippen molar-refractivity contribution in [1.29, 1.82) is 0 Å². The average molecular weight is 464 g/mol. The molecule has 3 N–H and O–H groups in total. The summed E-state index contributed by atoms with van der Waals surface area (Å²) in [6.45, 7) is 5.84. The van der Waals surface area contributed by atoms with Crippen LogP contribution < -0.4 is 16.0 Å². The van der Waals surface area contributed by atoms with Gasteiger partial charge < -0.3 is 20.9 Å². The molecule has 3 saturated heterocycles. The molecule has 8 heteroatoms.